The number of unbranched alkanes of at least 4 members (excludes halogenated alkanes) is 1. The highest BCUT2D eigenvalue weighted by Gasteiger charge is 2.08. The van der Waals surface area contributed by atoms with Gasteiger partial charge in [0, 0.05) is 12.5 Å². The summed E-state index contributed by atoms with van der Waals surface area (Å²) in [5, 5.41) is 7.99. The Hall–Kier alpha value is -0.780. The Morgan fingerprint density at radius 3 is 3.06 bits per heavy atom. The van der Waals surface area contributed by atoms with Gasteiger partial charge in [-0.15, -0.1) is 12.3 Å². The summed E-state index contributed by atoms with van der Waals surface area (Å²) >= 11 is 1.77. The summed E-state index contributed by atoms with van der Waals surface area (Å²) in [7, 11) is 0. The van der Waals surface area contributed by atoms with Crippen LogP contribution in [0.5, 0.6) is 0 Å². The van der Waals surface area contributed by atoms with E-state index in [-0.39, 0.29) is 0 Å². The van der Waals surface area contributed by atoms with Crippen LogP contribution < -0.4 is 5.32 Å². The van der Waals surface area contributed by atoms with E-state index < -0.39 is 0 Å². The lowest BCUT2D eigenvalue weighted by Gasteiger charge is -2.17. The van der Waals surface area contributed by atoms with Gasteiger partial charge in [0.1, 0.15) is 0 Å². The second-order valence-electron chi connectivity index (χ2n) is 4.08. The lowest BCUT2D eigenvalue weighted by atomic mass is 10.0. The van der Waals surface area contributed by atoms with Gasteiger partial charge in [-0.25, -0.2) is 0 Å². The molecule has 1 aromatic rings. The molecule has 0 saturated heterocycles. The van der Waals surface area contributed by atoms with Gasteiger partial charge >= 0.3 is 0 Å². The fraction of sp³-hybridized carbons (Fsp3) is 0.571. The quantitative estimate of drug-likeness (QED) is 0.537. The molecule has 1 unspecified atom stereocenters. The second kappa shape index (κ2) is 8.38. The summed E-state index contributed by atoms with van der Waals surface area (Å²) in [6.45, 7) is 3.31. The molecule has 0 bridgehead atoms. The topological polar surface area (TPSA) is 12.0 Å². The van der Waals surface area contributed by atoms with E-state index in [9.17, 15) is 0 Å². The van der Waals surface area contributed by atoms with E-state index in [1.807, 2.05) is 0 Å². The lowest BCUT2D eigenvalue weighted by molar-refractivity contribution is 0.467. The van der Waals surface area contributed by atoms with E-state index in [1.54, 1.807) is 11.3 Å². The van der Waals surface area contributed by atoms with Crippen molar-refractivity contribution >= 4 is 11.3 Å². The smallest absolute Gasteiger partial charge is 0.0108 e. The summed E-state index contributed by atoms with van der Waals surface area (Å²) < 4.78 is 0. The zero-order valence-corrected chi connectivity index (χ0v) is 10.9. The van der Waals surface area contributed by atoms with Crippen molar-refractivity contribution < 1.29 is 0 Å². The van der Waals surface area contributed by atoms with Crippen molar-refractivity contribution in [2.24, 2.45) is 0 Å². The molecule has 1 nitrogen and oxygen atoms in total. The molecule has 0 fully saturated rings. The Morgan fingerprint density at radius 2 is 2.44 bits per heavy atom. The van der Waals surface area contributed by atoms with Gasteiger partial charge in [-0.05, 0) is 54.6 Å². The third-order valence-electron chi connectivity index (χ3n) is 2.62. The zero-order chi connectivity index (χ0) is 11.6. The van der Waals surface area contributed by atoms with Crippen LogP contribution in [0.3, 0.4) is 0 Å². The van der Waals surface area contributed by atoms with Gasteiger partial charge in [-0.2, -0.15) is 11.3 Å². The van der Waals surface area contributed by atoms with Crippen LogP contribution >= 0.6 is 11.3 Å². The second-order valence-corrected chi connectivity index (χ2v) is 4.86. The molecule has 0 aliphatic heterocycles. The minimum atomic E-state index is 0.586. The predicted octanol–water partition coefficient (Wildman–Crippen LogP) is 3.46. The van der Waals surface area contributed by atoms with E-state index >= 15 is 0 Å². The molecular weight excluding hydrogens is 214 g/mol. The van der Waals surface area contributed by atoms with Gasteiger partial charge in [0.2, 0.25) is 0 Å². The van der Waals surface area contributed by atoms with Crippen LogP contribution in [0, 0.1) is 12.3 Å². The molecule has 0 spiro atoms. The number of hydrogen-bond donors (Lipinski definition) is 1. The molecule has 1 atom stereocenters. The molecule has 2 heteroatoms. The molecule has 0 aliphatic carbocycles. The van der Waals surface area contributed by atoms with Crippen molar-refractivity contribution in [2.45, 2.75) is 45.1 Å². The van der Waals surface area contributed by atoms with E-state index in [0.29, 0.717) is 6.04 Å². The predicted molar refractivity (Wildman–Crippen MR) is 72.8 cm³/mol. The fourth-order valence-corrected chi connectivity index (χ4v) is 2.45. The molecule has 1 heterocycles. The highest BCUT2D eigenvalue weighted by Crippen LogP contribution is 2.12. The van der Waals surface area contributed by atoms with Crippen LogP contribution in [0.1, 0.15) is 38.2 Å². The number of hydrogen-bond acceptors (Lipinski definition) is 2. The van der Waals surface area contributed by atoms with Crippen LogP contribution in [0.15, 0.2) is 16.8 Å². The summed E-state index contributed by atoms with van der Waals surface area (Å²) in [6, 6.07) is 2.80. The monoisotopic (exact) mass is 235 g/mol. The largest absolute Gasteiger partial charge is 0.314 e. The van der Waals surface area contributed by atoms with Crippen LogP contribution in [0.2, 0.25) is 0 Å². The molecule has 1 N–H and O–H groups in total. The summed E-state index contributed by atoms with van der Waals surface area (Å²) in [4.78, 5) is 0. The van der Waals surface area contributed by atoms with Gasteiger partial charge < -0.3 is 5.32 Å². The third kappa shape index (κ3) is 5.34. The van der Waals surface area contributed by atoms with Crippen molar-refractivity contribution in [1.29, 1.82) is 0 Å². The first-order valence-corrected chi connectivity index (χ1v) is 6.99. The van der Waals surface area contributed by atoms with E-state index in [2.05, 4.69) is 35.0 Å². The number of rotatable bonds is 8. The van der Waals surface area contributed by atoms with Gasteiger partial charge in [0.15, 0.2) is 0 Å². The molecule has 0 radical (unpaired) electrons. The molecular formula is C14H21NS. The molecule has 0 saturated carbocycles. The Balaban J connectivity index is 2.34. The van der Waals surface area contributed by atoms with Crippen molar-refractivity contribution in [2.75, 3.05) is 6.54 Å². The van der Waals surface area contributed by atoms with Crippen LogP contribution in [0.25, 0.3) is 0 Å². The van der Waals surface area contributed by atoms with Gasteiger partial charge in [0.25, 0.3) is 0 Å². The van der Waals surface area contributed by atoms with Crippen LogP contribution in [-0.4, -0.2) is 12.6 Å². The van der Waals surface area contributed by atoms with Crippen molar-refractivity contribution in [3.63, 3.8) is 0 Å². The first-order chi connectivity index (χ1) is 7.86. The van der Waals surface area contributed by atoms with E-state index in [4.69, 9.17) is 6.42 Å². The Morgan fingerprint density at radius 1 is 1.56 bits per heavy atom. The number of terminal acetylenes is 1. The van der Waals surface area contributed by atoms with Gasteiger partial charge in [-0.3, -0.25) is 0 Å². The highest BCUT2D eigenvalue weighted by molar-refractivity contribution is 7.07. The lowest BCUT2D eigenvalue weighted by Crippen LogP contribution is -2.31. The minimum absolute atomic E-state index is 0.586. The first kappa shape index (κ1) is 13.3. The molecule has 0 aromatic carbocycles. The fourth-order valence-electron chi connectivity index (χ4n) is 1.77. The Bertz CT molecular complexity index is 297. The number of nitrogens with one attached hydrogen (secondary N) is 1. The maximum absolute atomic E-state index is 5.28. The maximum Gasteiger partial charge on any atom is 0.0108 e. The SMILES string of the molecule is C#CCCCC(Cc1ccsc1)NCCC. The van der Waals surface area contributed by atoms with E-state index in [0.717, 1.165) is 25.8 Å². The molecule has 1 aromatic heterocycles. The minimum Gasteiger partial charge on any atom is -0.314 e. The van der Waals surface area contributed by atoms with Gasteiger partial charge in [0.05, 0.1) is 0 Å². The molecule has 0 amide bonds. The summed E-state index contributed by atoms with van der Waals surface area (Å²) in [5.74, 6) is 2.71. The first-order valence-electron chi connectivity index (χ1n) is 6.04. The Kier molecular flexibility index (Phi) is 6.96. The summed E-state index contributed by atoms with van der Waals surface area (Å²) in [5.41, 5.74) is 1.44. The average Bonchev–Trinajstić information content (AvgIpc) is 2.78. The molecule has 16 heavy (non-hydrogen) atoms. The van der Waals surface area contributed by atoms with Crippen molar-refractivity contribution in [3.8, 4) is 12.3 Å². The van der Waals surface area contributed by atoms with E-state index in [1.165, 1.54) is 18.4 Å². The van der Waals surface area contributed by atoms with Crippen molar-refractivity contribution in [1.82, 2.24) is 5.32 Å². The van der Waals surface area contributed by atoms with Crippen LogP contribution in [0.4, 0.5) is 0 Å². The maximum atomic E-state index is 5.28. The van der Waals surface area contributed by atoms with Crippen molar-refractivity contribution in [3.05, 3.63) is 22.4 Å². The Labute approximate surface area is 103 Å². The molecule has 88 valence electrons. The molecule has 1 rings (SSSR count). The normalized spacial score (nSPS) is 12.2. The third-order valence-corrected chi connectivity index (χ3v) is 3.35. The standard InChI is InChI=1S/C14H21NS/c1-3-5-6-7-14(15-9-4-2)11-13-8-10-16-12-13/h1,8,10,12,14-15H,4-7,9,11H2,2H3. The summed E-state index contributed by atoms with van der Waals surface area (Å²) in [6.07, 6.45) is 10.8. The van der Waals surface area contributed by atoms with Gasteiger partial charge in [-0.1, -0.05) is 6.92 Å². The molecule has 0 aliphatic rings. The average molecular weight is 235 g/mol. The van der Waals surface area contributed by atoms with Crippen LogP contribution in [-0.2, 0) is 6.42 Å². The number of thiophene rings is 1. The highest BCUT2D eigenvalue weighted by atomic mass is 32.1. The zero-order valence-electron chi connectivity index (χ0n) is 10.0.